The molecule has 0 atom stereocenters. The van der Waals surface area contributed by atoms with Crippen LogP contribution in [0.2, 0.25) is 0 Å². The van der Waals surface area contributed by atoms with Gasteiger partial charge in [0.1, 0.15) is 11.5 Å². The summed E-state index contributed by atoms with van der Waals surface area (Å²) in [4.78, 5) is 0. The van der Waals surface area contributed by atoms with E-state index in [0.29, 0.717) is 24.6 Å². The standard InChI is InChI=1S/C16H19N2O3P/c19-22(18-13-11-17-12-14-18,20-15-7-3-1-4-8-15)21-16-9-5-2-6-10-16/h1-10,17H,11-14H2. The van der Waals surface area contributed by atoms with Crippen molar-refractivity contribution in [2.24, 2.45) is 0 Å². The van der Waals surface area contributed by atoms with E-state index in [1.54, 1.807) is 28.9 Å². The average molecular weight is 318 g/mol. The van der Waals surface area contributed by atoms with Crippen molar-refractivity contribution >= 4 is 7.75 Å². The molecule has 22 heavy (non-hydrogen) atoms. The van der Waals surface area contributed by atoms with Gasteiger partial charge in [0.2, 0.25) is 0 Å². The largest absolute Gasteiger partial charge is 0.515 e. The van der Waals surface area contributed by atoms with Gasteiger partial charge in [0, 0.05) is 26.2 Å². The van der Waals surface area contributed by atoms with Crippen LogP contribution in [0.4, 0.5) is 0 Å². The number of nitrogens with one attached hydrogen (secondary N) is 1. The summed E-state index contributed by atoms with van der Waals surface area (Å²) >= 11 is 0. The quantitative estimate of drug-likeness (QED) is 0.858. The van der Waals surface area contributed by atoms with E-state index >= 15 is 0 Å². The molecule has 0 spiro atoms. The van der Waals surface area contributed by atoms with E-state index < -0.39 is 7.75 Å². The van der Waals surface area contributed by atoms with Crippen LogP contribution in [0.5, 0.6) is 11.5 Å². The van der Waals surface area contributed by atoms with E-state index in [-0.39, 0.29) is 0 Å². The van der Waals surface area contributed by atoms with Gasteiger partial charge in [-0.15, -0.1) is 0 Å². The Morgan fingerprint density at radius 2 is 1.27 bits per heavy atom. The molecule has 1 aliphatic rings. The smallest absolute Gasteiger partial charge is 0.404 e. The molecule has 1 N–H and O–H groups in total. The van der Waals surface area contributed by atoms with Crippen molar-refractivity contribution in [3.8, 4) is 11.5 Å². The molecule has 0 bridgehead atoms. The molecule has 0 aromatic heterocycles. The van der Waals surface area contributed by atoms with Crippen LogP contribution in [0, 0.1) is 0 Å². The average Bonchev–Trinajstić information content (AvgIpc) is 2.57. The maximum absolute atomic E-state index is 13.4. The number of para-hydroxylation sites is 2. The lowest BCUT2D eigenvalue weighted by Crippen LogP contribution is -2.43. The van der Waals surface area contributed by atoms with Gasteiger partial charge in [-0.25, -0.2) is 4.57 Å². The van der Waals surface area contributed by atoms with Crippen LogP contribution < -0.4 is 14.4 Å². The lowest BCUT2D eigenvalue weighted by atomic mass is 10.3. The molecule has 6 heteroatoms. The molecule has 0 unspecified atom stereocenters. The molecule has 0 radical (unpaired) electrons. The molecule has 0 aliphatic carbocycles. The van der Waals surface area contributed by atoms with Gasteiger partial charge < -0.3 is 14.4 Å². The first-order chi connectivity index (χ1) is 10.8. The van der Waals surface area contributed by atoms with Crippen molar-refractivity contribution in [3.05, 3.63) is 60.7 Å². The highest BCUT2D eigenvalue weighted by atomic mass is 31.2. The van der Waals surface area contributed by atoms with Crippen molar-refractivity contribution in [2.75, 3.05) is 26.2 Å². The van der Waals surface area contributed by atoms with Gasteiger partial charge in [-0.05, 0) is 24.3 Å². The summed E-state index contributed by atoms with van der Waals surface area (Å²) < 4.78 is 26.7. The summed E-state index contributed by atoms with van der Waals surface area (Å²) in [6.45, 7) is 2.77. The van der Waals surface area contributed by atoms with Crippen molar-refractivity contribution in [1.82, 2.24) is 9.99 Å². The topological polar surface area (TPSA) is 50.8 Å². The van der Waals surface area contributed by atoms with E-state index in [0.717, 1.165) is 13.1 Å². The Hall–Kier alpha value is -1.81. The second kappa shape index (κ2) is 6.97. The highest BCUT2D eigenvalue weighted by Crippen LogP contribution is 2.51. The first-order valence-electron chi connectivity index (χ1n) is 7.32. The van der Waals surface area contributed by atoms with Crippen molar-refractivity contribution in [1.29, 1.82) is 0 Å². The third-order valence-electron chi connectivity index (χ3n) is 3.37. The molecular weight excluding hydrogens is 299 g/mol. The molecule has 2 aromatic rings. The van der Waals surface area contributed by atoms with E-state index in [9.17, 15) is 4.57 Å². The lowest BCUT2D eigenvalue weighted by Gasteiger charge is -2.32. The lowest BCUT2D eigenvalue weighted by molar-refractivity contribution is 0.263. The number of hydrogen-bond acceptors (Lipinski definition) is 4. The summed E-state index contributed by atoms with van der Waals surface area (Å²) in [7, 11) is -3.45. The number of piperazine rings is 1. The Morgan fingerprint density at radius 1 is 0.818 bits per heavy atom. The molecule has 1 aliphatic heterocycles. The van der Waals surface area contributed by atoms with Crippen LogP contribution in [0.3, 0.4) is 0 Å². The fourth-order valence-electron chi connectivity index (χ4n) is 2.26. The van der Waals surface area contributed by atoms with Crippen LogP contribution >= 0.6 is 7.75 Å². The maximum Gasteiger partial charge on any atom is 0.515 e. The Balaban J connectivity index is 1.85. The molecule has 0 saturated carbocycles. The van der Waals surface area contributed by atoms with Gasteiger partial charge >= 0.3 is 7.75 Å². The van der Waals surface area contributed by atoms with E-state index in [2.05, 4.69) is 5.32 Å². The second-order valence-corrected chi connectivity index (χ2v) is 6.85. The molecule has 0 amide bonds. The Bertz CT molecular complexity index is 585. The molecule has 116 valence electrons. The van der Waals surface area contributed by atoms with Gasteiger partial charge in [0.15, 0.2) is 0 Å². The number of hydrogen-bond donors (Lipinski definition) is 1. The monoisotopic (exact) mass is 318 g/mol. The molecule has 1 heterocycles. The minimum atomic E-state index is -3.45. The predicted octanol–water partition coefficient (Wildman–Crippen LogP) is 3.16. The maximum atomic E-state index is 13.4. The zero-order chi connectivity index (χ0) is 15.3. The highest BCUT2D eigenvalue weighted by Gasteiger charge is 2.37. The zero-order valence-electron chi connectivity index (χ0n) is 12.2. The number of nitrogens with zero attached hydrogens (tertiary/aromatic N) is 1. The Morgan fingerprint density at radius 3 is 1.73 bits per heavy atom. The van der Waals surface area contributed by atoms with Crippen molar-refractivity contribution < 1.29 is 13.6 Å². The fourth-order valence-corrected chi connectivity index (χ4v) is 4.00. The number of rotatable bonds is 5. The summed E-state index contributed by atoms with van der Waals surface area (Å²) in [5.74, 6) is 1.08. The van der Waals surface area contributed by atoms with Crippen molar-refractivity contribution in [3.63, 3.8) is 0 Å². The molecule has 5 nitrogen and oxygen atoms in total. The van der Waals surface area contributed by atoms with Crippen LogP contribution in [0.15, 0.2) is 60.7 Å². The van der Waals surface area contributed by atoms with E-state index in [1.165, 1.54) is 0 Å². The van der Waals surface area contributed by atoms with E-state index in [4.69, 9.17) is 9.05 Å². The van der Waals surface area contributed by atoms with Crippen LogP contribution in [-0.4, -0.2) is 30.8 Å². The van der Waals surface area contributed by atoms with Crippen LogP contribution in [0.25, 0.3) is 0 Å². The third kappa shape index (κ3) is 3.69. The minimum absolute atomic E-state index is 0.542. The predicted molar refractivity (Wildman–Crippen MR) is 86.2 cm³/mol. The molecular formula is C16H19N2O3P. The normalized spacial score (nSPS) is 16.2. The Labute approximate surface area is 130 Å². The first kappa shape index (κ1) is 15.1. The molecule has 1 fully saturated rings. The molecule has 3 rings (SSSR count). The fraction of sp³-hybridized carbons (Fsp3) is 0.250. The second-order valence-electron chi connectivity index (χ2n) is 4.98. The summed E-state index contributed by atoms with van der Waals surface area (Å²) in [5.41, 5.74) is 0. The van der Waals surface area contributed by atoms with Gasteiger partial charge in [0.05, 0.1) is 0 Å². The third-order valence-corrected chi connectivity index (χ3v) is 5.34. The van der Waals surface area contributed by atoms with Crippen LogP contribution in [-0.2, 0) is 4.57 Å². The van der Waals surface area contributed by atoms with E-state index in [1.807, 2.05) is 36.4 Å². The molecule has 2 aromatic carbocycles. The van der Waals surface area contributed by atoms with Gasteiger partial charge in [-0.3, -0.25) is 0 Å². The summed E-state index contributed by atoms with van der Waals surface area (Å²) in [6, 6.07) is 18.3. The zero-order valence-corrected chi connectivity index (χ0v) is 13.1. The van der Waals surface area contributed by atoms with Crippen LogP contribution in [0.1, 0.15) is 0 Å². The van der Waals surface area contributed by atoms with Gasteiger partial charge in [0.25, 0.3) is 0 Å². The van der Waals surface area contributed by atoms with Gasteiger partial charge in [-0.1, -0.05) is 36.4 Å². The Kier molecular flexibility index (Phi) is 4.78. The molecule has 1 saturated heterocycles. The first-order valence-corrected chi connectivity index (χ1v) is 8.81. The summed E-state index contributed by atoms with van der Waals surface area (Å²) in [5, 5.41) is 3.24. The summed E-state index contributed by atoms with van der Waals surface area (Å²) in [6.07, 6.45) is 0. The van der Waals surface area contributed by atoms with Crippen molar-refractivity contribution in [2.45, 2.75) is 0 Å². The SMILES string of the molecule is O=P(Oc1ccccc1)(Oc1ccccc1)N1CCNCC1. The van der Waals surface area contributed by atoms with Gasteiger partial charge in [-0.2, -0.15) is 4.67 Å². The number of benzene rings is 2. The minimum Gasteiger partial charge on any atom is -0.404 e. The highest BCUT2D eigenvalue weighted by molar-refractivity contribution is 7.52.